The minimum Gasteiger partial charge on any atom is -0.366 e. The maximum atomic E-state index is 11.2. The lowest BCUT2D eigenvalue weighted by molar-refractivity contribution is -0.120. The van der Waals surface area contributed by atoms with Gasteiger partial charge in [-0.1, -0.05) is 6.58 Å². The van der Waals surface area contributed by atoms with Crippen LogP contribution in [0.5, 0.6) is 0 Å². The molecule has 0 unspecified atom stereocenters. The van der Waals surface area contributed by atoms with Crippen molar-refractivity contribution in [3.05, 3.63) is 12.2 Å². The number of rotatable bonds is 8. The summed E-state index contributed by atoms with van der Waals surface area (Å²) < 4.78 is 22.5. The molecule has 0 aromatic carbocycles. The van der Waals surface area contributed by atoms with E-state index in [1.54, 1.807) is 0 Å². The smallest absolute Gasteiger partial charge is 0.245 e. The molecule has 0 bridgehead atoms. The summed E-state index contributed by atoms with van der Waals surface area (Å²) in [6.07, 6.45) is -0.175. The molecule has 8 heteroatoms. The van der Waals surface area contributed by atoms with E-state index in [4.69, 9.17) is 17.3 Å². The van der Waals surface area contributed by atoms with Gasteiger partial charge in [-0.05, 0) is 0 Å². The number of hydrogen-bond donors (Lipinski definition) is 2. The van der Waals surface area contributed by atoms with Crippen LogP contribution in [0.3, 0.4) is 0 Å². The van der Waals surface area contributed by atoms with Gasteiger partial charge in [0.1, 0.15) is 0 Å². The average molecular weight is 283 g/mol. The number of hydrogen-bond acceptors (Lipinski definition) is 4. The lowest BCUT2D eigenvalue weighted by atomic mass is 10.3. The first-order valence-electron chi connectivity index (χ1n) is 4.79. The van der Waals surface area contributed by atoms with Crippen molar-refractivity contribution in [1.82, 2.24) is 5.32 Å². The maximum Gasteiger partial charge on any atom is 0.245 e. The molecule has 0 aliphatic heterocycles. The monoisotopic (exact) mass is 282 g/mol. The highest BCUT2D eigenvalue weighted by Gasteiger charge is 2.13. The van der Waals surface area contributed by atoms with Gasteiger partial charge >= 0.3 is 0 Å². The molecule has 0 fully saturated rings. The van der Waals surface area contributed by atoms with Gasteiger partial charge in [0.25, 0.3) is 0 Å². The number of sulfone groups is 1. The number of amides is 2. The van der Waals surface area contributed by atoms with Crippen molar-refractivity contribution in [3.63, 3.8) is 0 Å². The van der Waals surface area contributed by atoms with Crippen LogP contribution in [0.15, 0.2) is 12.2 Å². The van der Waals surface area contributed by atoms with Gasteiger partial charge < -0.3 is 11.1 Å². The highest BCUT2D eigenvalue weighted by atomic mass is 35.5. The first-order chi connectivity index (χ1) is 7.78. The van der Waals surface area contributed by atoms with E-state index in [9.17, 15) is 18.0 Å². The topological polar surface area (TPSA) is 106 Å². The van der Waals surface area contributed by atoms with Crippen molar-refractivity contribution in [3.8, 4) is 0 Å². The summed E-state index contributed by atoms with van der Waals surface area (Å²) >= 11 is 5.30. The van der Waals surface area contributed by atoms with E-state index in [1.165, 1.54) is 0 Å². The third-order valence-electron chi connectivity index (χ3n) is 1.88. The van der Waals surface area contributed by atoms with Crippen LogP contribution in [0.2, 0.25) is 0 Å². The standard InChI is InChI=1S/C9H15ClN2O4S/c1-7(9(11)14)6-12-8(13)2-4-17(15,16)5-3-10/h1-6H2,(H2,11,14)(H,12,13). The van der Waals surface area contributed by atoms with Crippen LogP contribution in [0.1, 0.15) is 6.42 Å². The lowest BCUT2D eigenvalue weighted by Gasteiger charge is -2.05. The molecule has 17 heavy (non-hydrogen) atoms. The fourth-order valence-corrected chi connectivity index (χ4v) is 2.49. The van der Waals surface area contributed by atoms with Gasteiger partial charge in [-0.2, -0.15) is 0 Å². The van der Waals surface area contributed by atoms with Crippen LogP contribution in [0.4, 0.5) is 0 Å². The Kier molecular flexibility index (Phi) is 6.82. The molecule has 0 spiro atoms. The van der Waals surface area contributed by atoms with Gasteiger partial charge in [0.2, 0.25) is 11.8 Å². The molecular formula is C9H15ClN2O4S. The Hall–Kier alpha value is -1.08. The molecule has 0 saturated heterocycles. The third-order valence-corrected chi connectivity index (χ3v) is 3.94. The molecule has 0 saturated carbocycles. The van der Waals surface area contributed by atoms with Crippen molar-refractivity contribution in [2.45, 2.75) is 6.42 Å². The van der Waals surface area contributed by atoms with Crippen molar-refractivity contribution < 1.29 is 18.0 Å². The number of halogens is 1. The Bertz CT molecular complexity index is 405. The SMILES string of the molecule is C=C(CNC(=O)CCS(=O)(=O)CCCl)C(N)=O. The van der Waals surface area contributed by atoms with E-state index >= 15 is 0 Å². The molecule has 0 aliphatic carbocycles. The molecule has 2 amide bonds. The van der Waals surface area contributed by atoms with Crippen LogP contribution < -0.4 is 11.1 Å². The van der Waals surface area contributed by atoms with E-state index in [2.05, 4.69) is 11.9 Å². The van der Waals surface area contributed by atoms with Crippen molar-refractivity contribution >= 4 is 33.3 Å². The molecule has 0 atom stereocenters. The van der Waals surface area contributed by atoms with Gasteiger partial charge in [-0.25, -0.2) is 8.42 Å². The van der Waals surface area contributed by atoms with E-state index in [0.717, 1.165) is 0 Å². The average Bonchev–Trinajstić information content (AvgIpc) is 2.22. The van der Waals surface area contributed by atoms with E-state index in [1.807, 2.05) is 0 Å². The normalized spacial score (nSPS) is 10.9. The molecular weight excluding hydrogens is 268 g/mol. The number of nitrogens with two attached hydrogens (primary N) is 1. The summed E-state index contributed by atoms with van der Waals surface area (Å²) in [6, 6.07) is 0. The Morgan fingerprint density at radius 2 is 1.88 bits per heavy atom. The molecule has 0 radical (unpaired) electrons. The minimum atomic E-state index is -3.29. The van der Waals surface area contributed by atoms with Crippen LogP contribution >= 0.6 is 11.6 Å². The Labute approximate surface area is 105 Å². The molecule has 0 aromatic heterocycles. The predicted molar refractivity (Wildman–Crippen MR) is 65.3 cm³/mol. The van der Waals surface area contributed by atoms with Crippen LogP contribution in [-0.4, -0.2) is 44.2 Å². The first-order valence-corrected chi connectivity index (χ1v) is 7.14. The van der Waals surface area contributed by atoms with E-state index < -0.39 is 21.7 Å². The molecule has 0 rings (SSSR count). The van der Waals surface area contributed by atoms with Gasteiger partial charge in [-0.3, -0.25) is 9.59 Å². The maximum absolute atomic E-state index is 11.2. The number of primary amides is 1. The van der Waals surface area contributed by atoms with Crippen LogP contribution in [-0.2, 0) is 19.4 Å². The predicted octanol–water partition coefficient (Wildman–Crippen LogP) is -0.812. The largest absolute Gasteiger partial charge is 0.366 e. The lowest BCUT2D eigenvalue weighted by Crippen LogP contribution is -2.31. The zero-order valence-electron chi connectivity index (χ0n) is 9.24. The van der Waals surface area contributed by atoms with E-state index in [0.29, 0.717) is 0 Å². The highest BCUT2D eigenvalue weighted by molar-refractivity contribution is 7.91. The molecule has 3 N–H and O–H groups in total. The van der Waals surface area contributed by atoms with Gasteiger partial charge in [-0.15, -0.1) is 11.6 Å². The molecule has 0 aromatic rings. The molecule has 6 nitrogen and oxygen atoms in total. The quantitative estimate of drug-likeness (QED) is 0.448. The molecule has 0 aliphatic rings. The summed E-state index contributed by atoms with van der Waals surface area (Å²) in [7, 11) is -3.29. The number of carbonyl (C=O) groups is 2. The number of carbonyl (C=O) groups excluding carboxylic acids is 2. The zero-order chi connectivity index (χ0) is 13.5. The number of alkyl halides is 1. The van der Waals surface area contributed by atoms with Crippen molar-refractivity contribution in [2.75, 3.05) is 23.9 Å². The number of nitrogens with one attached hydrogen (secondary N) is 1. The Morgan fingerprint density at radius 1 is 1.29 bits per heavy atom. The summed E-state index contributed by atoms with van der Waals surface area (Å²) in [5.74, 6) is -1.61. The van der Waals surface area contributed by atoms with Gasteiger partial charge in [0.15, 0.2) is 9.84 Å². The Morgan fingerprint density at radius 3 is 2.35 bits per heavy atom. The second kappa shape index (κ2) is 7.29. The van der Waals surface area contributed by atoms with Crippen molar-refractivity contribution in [2.24, 2.45) is 5.73 Å². The van der Waals surface area contributed by atoms with Crippen molar-refractivity contribution in [1.29, 1.82) is 0 Å². The van der Waals surface area contributed by atoms with Gasteiger partial charge in [0.05, 0.1) is 11.5 Å². The molecule has 0 heterocycles. The summed E-state index contributed by atoms with van der Waals surface area (Å²) in [4.78, 5) is 21.8. The summed E-state index contributed by atoms with van der Waals surface area (Å²) in [6.45, 7) is 3.26. The summed E-state index contributed by atoms with van der Waals surface area (Å²) in [5, 5.41) is 2.34. The third kappa shape index (κ3) is 7.76. The fraction of sp³-hybridized carbons (Fsp3) is 0.556. The summed E-state index contributed by atoms with van der Waals surface area (Å²) in [5.41, 5.74) is 4.96. The first kappa shape index (κ1) is 15.9. The zero-order valence-corrected chi connectivity index (χ0v) is 10.8. The Balaban J connectivity index is 3.97. The second-order valence-corrected chi connectivity index (χ2v) is 6.02. The minimum absolute atomic E-state index is 0.00241. The van der Waals surface area contributed by atoms with Crippen LogP contribution in [0.25, 0.3) is 0 Å². The van der Waals surface area contributed by atoms with E-state index in [-0.39, 0.29) is 35.9 Å². The molecule has 98 valence electrons. The van der Waals surface area contributed by atoms with Gasteiger partial charge in [0, 0.05) is 24.4 Å². The fourth-order valence-electron chi connectivity index (χ4n) is 0.849. The van der Waals surface area contributed by atoms with Crippen LogP contribution in [0, 0.1) is 0 Å². The highest BCUT2D eigenvalue weighted by Crippen LogP contribution is 1.96. The second-order valence-electron chi connectivity index (χ2n) is 3.34.